The second-order valence-corrected chi connectivity index (χ2v) is 6.37. The zero-order valence-electron chi connectivity index (χ0n) is 15.1. The summed E-state index contributed by atoms with van der Waals surface area (Å²) in [6.07, 6.45) is -3.69. The molecule has 2 heterocycles. The normalized spacial score (nSPS) is 15.0. The van der Waals surface area contributed by atoms with Gasteiger partial charge in [-0.05, 0) is 37.0 Å². The van der Waals surface area contributed by atoms with E-state index in [2.05, 4.69) is 20.6 Å². The Bertz CT molecular complexity index is 857. The van der Waals surface area contributed by atoms with Gasteiger partial charge < -0.3 is 20.1 Å². The van der Waals surface area contributed by atoms with Crippen molar-refractivity contribution in [1.82, 2.24) is 15.3 Å². The number of nitrogens with zero attached hydrogens (tertiary/aromatic N) is 2. The minimum atomic E-state index is -4.89. The van der Waals surface area contributed by atoms with Crippen LogP contribution in [0.15, 0.2) is 30.5 Å². The first-order valence-corrected chi connectivity index (χ1v) is 8.81. The van der Waals surface area contributed by atoms with Crippen LogP contribution < -0.4 is 15.4 Å². The molecule has 0 saturated carbocycles. The number of rotatable bonds is 5. The van der Waals surface area contributed by atoms with E-state index in [0.29, 0.717) is 13.2 Å². The predicted octanol–water partition coefficient (Wildman–Crippen LogP) is 3.89. The highest BCUT2D eigenvalue weighted by Gasteiger charge is 2.38. The van der Waals surface area contributed by atoms with Crippen LogP contribution in [0.25, 0.3) is 0 Å². The molecule has 1 aromatic carbocycles. The molecule has 3 rings (SSSR count). The van der Waals surface area contributed by atoms with E-state index in [1.807, 2.05) is 0 Å². The highest BCUT2D eigenvalue weighted by Crippen LogP contribution is 2.35. The molecule has 2 aromatic rings. The number of hydrogen-bond donors (Lipinski definition) is 2. The Kier molecular flexibility index (Phi) is 6.47. The summed E-state index contributed by atoms with van der Waals surface area (Å²) in [7, 11) is 0. The van der Waals surface area contributed by atoms with Gasteiger partial charge in [-0.15, -0.1) is 0 Å². The van der Waals surface area contributed by atoms with Crippen LogP contribution in [0.2, 0.25) is 0 Å². The molecule has 1 amide bonds. The minimum absolute atomic E-state index is 0.168. The molecule has 0 aliphatic carbocycles. The Morgan fingerprint density at radius 3 is 2.72 bits per heavy atom. The molecule has 0 radical (unpaired) electrons. The zero-order chi connectivity index (χ0) is 20.9. The molecule has 1 aliphatic heterocycles. The molecule has 0 atom stereocenters. The number of alkyl halides is 3. The van der Waals surface area contributed by atoms with Crippen molar-refractivity contribution < 1.29 is 31.8 Å². The van der Waals surface area contributed by atoms with Gasteiger partial charge in [0.15, 0.2) is 11.4 Å². The number of carbonyl (C=O) groups excluding carboxylic acids is 1. The molecule has 1 aliphatic rings. The zero-order valence-corrected chi connectivity index (χ0v) is 15.1. The van der Waals surface area contributed by atoms with E-state index < -0.39 is 35.5 Å². The molecule has 29 heavy (non-hydrogen) atoms. The Morgan fingerprint density at radius 2 is 2.03 bits per heavy atom. The van der Waals surface area contributed by atoms with Gasteiger partial charge in [-0.3, -0.25) is 0 Å². The van der Waals surface area contributed by atoms with Crippen molar-refractivity contribution in [1.29, 1.82) is 0 Å². The van der Waals surface area contributed by atoms with Crippen LogP contribution in [0, 0.1) is 11.7 Å². The topological polar surface area (TPSA) is 85.4 Å². The first-order chi connectivity index (χ1) is 13.8. The lowest BCUT2D eigenvalue weighted by Gasteiger charge is -2.22. The smallest absolute Gasteiger partial charge is 0.406 e. The first-order valence-electron chi connectivity index (χ1n) is 8.81. The van der Waals surface area contributed by atoms with Gasteiger partial charge in [-0.1, -0.05) is 6.07 Å². The molecule has 1 saturated heterocycles. The number of benzene rings is 1. The Morgan fingerprint density at radius 1 is 1.28 bits per heavy atom. The number of amides is 1. The average molecular weight is 414 g/mol. The third kappa shape index (κ3) is 6.01. The summed E-state index contributed by atoms with van der Waals surface area (Å²) in [6.45, 7) is 1.42. The fraction of sp³-hybridized carbons (Fsp3) is 0.389. The fourth-order valence-corrected chi connectivity index (χ4v) is 2.72. The highest BCUT2D eigenvalue weighted by molar-refractivity contribution is 5.70. The number of ether oxygens (including phenoxy) is 2. The van der Waals surface area contributed by atoms with Gasteiger partial charge in [0.2, 0.25) is 5.95 Å². The van der Waals surface area contributed by atoms with E-state index >= 15 is 0 Å². The van der Waals surface area contributed by atoms with Gasteiger partial charge in [0.1, 0.15) is 5.82 Å². The van der Waals surface area contributed by atoms with Gasteiger partial charge in [0.05, 0.1) is 6.20 Å². The SMILES string of the molecule is O=C(NCC1CCOCC1)Oc1cnc(Nc2cccc(F)c2)nc1C(F)(F)F. The summed E-state index contributed by atoms with van der Waals surface area (Å²) < 4.78 is 63.3. The van der Waals surface area contributed by atoms with Gasteiger partial charge in [0.25, 0.3) is 0 Å². The predicted molar refractivity (Wildman–Crippen MR) is 94.3 cm³/mol. The maximum absolute atomic E-state index is 13.4. The van der Waals surface area contributed by atoms with Gasteiger partial charge in [-0.2, -0.15) is 13.2 Å². The number of nitrogens with one attached hydrogen (secondary N) is 2. The van der Waals surface area contributed by atoms with Crippen molar-refractivity contribution in [3.05, 3.63) is 42.0 Å². The van der Waals surface area contributed by atoms with Crippen molar-refractivity contribution in [2.24, 2.45) is 5.92 Å². The summed E-state index contributed by atoms with van der Waals surface area (Å²) >= 11 is 0. The average Bonchev–Trinajstić information content (AvgIpc) is 2.68. The van der Waals surface area contributed by atoms with Crippen LogP contribution in [-0.2, 0) is 10.9 Å². The van der Waals surface area contributed by atoms with Crippen LogP contribution >= 0.6 is 0 Å². The lowest BCUT2D eigenvalue weighted by atomic mass is 10.0. The molecule has 11 heteroatoms. The third-order valence-corrected chi connectivity index (χ3v) is 4.18. The van der Waals surface area contributed by atoms with Crippen LogP contribution in [0.5, 0.6) is 5.75 Å². The van der Waals surface area contributed by atoms with Gasteiger partial charge >= 0.3 is 12.3 Å². The maximum Gasteiger partial charge on any atom is 0.437 e. The number of hydrogen-bond acceptors (Lipinski definition) is 6. The van der Waals surface area contributed by atoms with Crippen molar-refractivity contribution in [2.75, 3.05) is 25.1 Å². The van der Waals surface area contributed by atoms with Crippen molar-refractivity contribution >= 4 is 17.7 Å². The molecule has 0 spiro atoms. The molecule has 0 unspecified atom stereocenters. The molecule has 1 fully saturated rings. The second-order valence-electron chi connectivity index (χ2n) is 6.37. The molecule has 1 aromatic heterocycles. The summed E-state index contributed by atoms with van der Waals surface area (Å²) in [6, 6.07) is 5.07. The lowest BCUT2D eigenvalue weighted by molar-refractivity contribution is -0.142. The standard InChI is InChI=1S/C18H18F4N4O3/c19-12-2-1-3-13(8-12)25-16-23-10-14(15(26-16)18(20,21)22)29-17(27)24-9-11-4-6-28-7-5-11/h1-3,8,10-11H,4-7,9H2,(H,24,27)(H,23,25,26). The van der Waals surface area contributed by atoms with E-state index in [4.69, 9.17) is 9.47 Å². The molecular formula is C18H18F4N4O3. The maximum atomic E-state index is 13.4. The third-order valence-electron chi connectivity index (χ3n) is 4.18. The van der Waals surface area contributed by atoms with E-state index in [1.165, 1.54) is 18.2 Å². The molecule has 2 N–H and O–H groups in total. The van der Waals surface area contributed by atoms with Crippen molar-refractivity contribution in [2.45, 2.75) is 19.0 Å². The van der Waals surface area contributed by atoms with E-state index in [1.54, 1.807) is 0 Å². The van der Waals surface area contributed by atoms with Gasteiger partial charge in [0, 0.05) is 25.4 Å². The molecule has 7 nitrogen and oxygen atoms in total. The number of anilines is 2. The quantitative estimate of drug-likeness (QED) is 0.722. The first kappa shape index (κ1) is 20.8. The number of aromatic nitrogens is 2. The van der Waals surface area contributed by atoms with E-state index in [0.717, 1.165) is 25.1 Å². The van der Waals surface area contributed by atoms with Crippen LogP contribution in [0.1, 0.15) is 18.5 Å². The summed E-state index contributed by atoms with van der Waals surface area (Å²) in [5.74, 6) is -1.65. The largest absolute Gasteiger partial charge is 0.437 e. The molecular weight excluding hydrogens is 396 g/mol. The Hall–Kier alpha value is -2.95. The summed E-state index contributed by atoms with van der Waals surface area (Å²) in [5, 5.41) is 4.92. The minimum Gasteiger partial charge on any atom is -0.406 e. The highest BCUT2D eigenvalue weighted by atomic mass is 19.4. The summed E-state index contributed by atoms with van der Waals surface area (Å²) in [4.78, 5) is 19.0. The van der Waals surface area contributed by atoms with Crippen LogP contribution in [-0.4, -0.2) is 35.8 Å². The second kappa shape index (κ2) is 9.03. The monoisotopic (exact) mass is 414 g/mol. The Labute approximate surface area is 163 Å². The van der Waals surface area contributed by atoms with E-state index in [-0.39, 0.29) is 18.2 Å². The number of carbonyl (C=O) groups is 1. The number of halogens is 4. The van der Waals surface area contributed by atoms with Crippen LogP contribution in [0.4, 0.5) is 34.0 Å². The Balaban J connectivity index is 1.69. The lowest BCUT2D eigenvalue weighted by Crippen LogP contribution is -2.34. The van der Waals surface area contributed by atoms with E-state index in [9.17, 15) is 22.4 Å². The summed E-state index contributed by atoms with van der Waals surface area (Å²) in [5.41, 5.74) is -1.26. The molecule has 156 valence electrons. The van der Waals surface area contributed by atoms with Gasteiger partial charge in [-0.25, -0.2) is 19.2 Å². The molecule has 0 bridgehead atoms. The van der Waals surface area contributed by atoms with Crippen LogP contribution in [0.3, 0.4) is 0 Å². The fourth-order valence-electron chi connectivity index (χ4n) is 2.72. The van der Waals surface area contributed by atoms with Crippen molar-refractivity contribution in [3.8, 4) is 5.75 Å². The van der Waals surface area contributed by atoms with Crippen molar-refractivity contribution in [3.63, 3.8) is 0 Å².